The van der Waals surface area contributed by atoms with E-state index in [0.29, 0.717) is 6.42 Å². The Kier molecular flexibility index (Phi) is 6.12. The van der Waals surface area contributed by atoms with Crippen LogP contribution in [-0.4, -0.2) is 25.3 Å². The number of hydrogen-bond acceptors (Lipinski definition) is 3. The second-order valence-corrected chi connectivity index (χ2v) is 4.41. The molecule has 1 aromatic rings. The van der Waals surface area contributed by atoms with E-state index in [9.17, 15) is 4.79 Å². The fourth-order valence-electron chi connectivity index (χ4n) is 1.21. The second kappa shape index (κ2) is 7.49. The standard InChI is InChI=1S/C12H16O2S/c1-14-10-11(13)6-5-9-15-12-7-3-2-4-8-12/h2-4,7-8H,5-6,9-10H2,1H3. The predicted molar refractivity (Wildman–Crippen MR) is 63.3 cm³/mol. The maximum atomic E-state index is 11.1. The summed E-state index contributed by atoms with van der Waals surface area (Å²) in [6.07, 6.45) is 1.54. The zero-order chi connectivity index (χ0) is 10.9. The largest absolute Gasteiger partial charge is 0.377 e. The molecular formula is C12H16O2S. The van der Waals surface area contributed by atoms with Crippen molar-refractivity contribution < 1.29 is 9.53 Å². The van der Waals surface area contributed by atoms with Gasteiger partial charge >= 0.3 is 0 Å². The SMILES string of the molecule is COCC(=O)CCCSc1ccccc1. The van der Waals surface area contributed by atoms with Crippen molar-refractivity contribution in [2.24, 2.45) is 0 Å². The monoisotopic (exact) mass is 224 g/mol. The summed E-state index contributed by atoms with van der Waals surface area (Å²) in [6.45, 7) is 0.246. The van der Waals surface area contributed by atoms with Crippen LogP contribution in [0, 0.1) is 0 Å². The summed E-state index contributed by atoms with van der Waals surface area (Å²) in [5, 5.41) is 0. The summed E-state index contributed by atoms with van der Waals surface area (Å²) in [5.74, 6) is 1.17. The number of carbonyl (C=O) groups is 1. The van der Waals surface area contributed by atoms with Crippen LogP contribution in [0.1, 0.15) is 12.8 Å². The van der Waals surface area contributed by atoms with Crippen LogP contribution < -0.4 is 0 Å². The minimum Gasteiger partial charge on any atom is -0.377 e. The second-order valence-electron chi connectivity index (χ2n) is 3.24. The lowest BCUT2D eigenvalue weighted by Gasteiger charge is -2.01. The van der Waals surface area contributed by atoms with Gasteiger partial charge in [-0.3, -0.25) is 4.79 Å². The van der Waals surface area contributed by atoms with Crippen molar-refractivity contribution in [2.75, 3.05) is 19.5 Å². The van der Waals surface area contributed by atoms with Crippen LogP contribution in [0.4, 0.5) is 0 Å². The van der Waals surface area contributed by atoms with Gasteiger partial charge in [-0.05, 0) is 24.3 Å². The Morgan fingerprint density at radius 3 is 2.73 bits per heavy atom. The predicted octanol–water partition coefficient (Wildman–Crippen LogP) is 2.77. The fraction of sp³-hybridized carbons (Fsp3) is 0.417. The van der Waals surface area contributed by atoms with Gasteiger partial charge in [0.2, 0.25) is 0 Å². The number of ketones is 1. The topological polar surface area (TPSA) is 26.3 Å². The van der Waals surface area contributed by atoms with Crippen LogP contribution >= 0.6 is 11.8 Å². The summed E-state index contributed by atoms with van der Waals surface area (Å²) in [4.78, 5) is 12.4. The highest BCUT2D eigenvalue weighted by molar-refractivity contribution is 7.99. The minimum absolute atomic E-state index is 0.186. The average Bonchev–Trinajstić information content (AvgIpc) is 2.26. The summed E-state index contributed by atoms with van der Waals surface area (Å²) in [5.41, 5.74) is 0. The first kappa shape index (κ1) is 12.3. The number of thioether (sulfide) groups is 1. The van der Waals surface area contributed by atoms with E-state index < -0.39 is 0 Å². The smallest absolute Gasteiger partial charge is 0.158 e. The zero-order valence-electron chi connectivity index (χ0n) is 8.94. The molecule has 1 aromatic carbocycles. The van der Waals surface area contributed by atoms with E-state index >= 15 is 0 Å². The van der Waals surface area contributed by atoms with Gasteiger partial charge in [-0.15, -0.1) is 11.8 Å². The Bertz CT molecular complexity index is 285. The molecule has 0 bridgehead atoms. The number of carbonyl (C=O) groups excluding carboxylic acids is 1. The van der Waals surface area contributed by atoms with Gasteiger partial charge in [-0.1, -0.05) is 18.2 Å². The third-order valence-corrected chi connectivity index (χ3v) is 3.02. The molecule has 0 saturated carbocycles. The highest BCUT2D eigenvalue weighted by Crippen LogP contribution is 2.18. The number of hydrogen-bond donors (Lipinski definition) is 0. The highest BCUT2D eigenvalue weighted by atomic mass is 32.2. The van der Waals surface area contributed by atoms with Gasteiger partial charge in [0.1, 0.15) is 6.61 Å². The van der Waals surface area contributed by atoms with Crippen LogP contribution in [0.3, 0.4) is 0 Å². The normalized spacial score (nSPS) is 10.2. The molecular weight excluding hydrogens is 208 g/mol. The molecule has 0 aliphatic heterocycles. The molecule has 0 aromatic heterocycles. The quantitative estimate of drug-likeness (QED) is 0.526. The first-order chi connectivity index (χ1) is 7.33. The Labute approximate surface area is 95.0 Å². The fourth-order valence-corrected chi connectivity index (χ4v) is 2.08. The molecule has 15 heavy (non-hydrogen) atoms. The van der Waals surface area contributed by atoms with Gasteiger partial charge in [-0.2, -0.15) is 0 Å². The molecule has 0 atom stereocenters. The number of rotatable bonds is 7. The van der Waals surface area contributed by atoms with Gasteiger partial charge in [0.15, 0.2) is 5.78 Å². The number of ether oxygens (including phenoxy) is 1. The van der Waals surface area contributed by atoms with Gasteiger partial charge in [-0.25, -0.2) is 0 Å². The van der Waals surface area contributed by atoms with Gasteiger partial charge in [0.05, 0.1) is 0 Å². The van der Waals surface area contributed by atoms with Crippen molar-refractivity contribution in [3.63, 3.8) is 0 Å². The summed E-state index contributed by atoms with van der Waals surface area (Å²) in [7, 11) is 1.55. The van der Waals surface area contributed by atoms with Crippen LogP contribution in [-0.2, 0) is 9.53 Å². The molecule has 0 heterocycles. The van der Waals surface area contributed by atoms with E-state index in [1.54, 1.807) is 18.9 Å². The Balaban J connectivity index is 2.10. The van der Waals surface area contributed by atoms with Crippen molar-refractivity contribution in [3.8, 4) is 0 Å². The minimum atomic E-state index is 0.186. The van der Waals surface area contributed by atoms with E-state index in [1.165, 1.54) is 4.90 Å². The molecule has 0 aliphatic rings. The zero-order valence-corrected chi connectivity index (χ0v) is 9.76. The van der Waals surface area contributed by atoms with E-state index in [1.807, 2.05) is 18.2 Å². The van der Waals surface area contributed by atoms with E-state index in [4.69, 9.17) is 4.74 Å². The highest BCUT2D eigenvalue weighted by Gasteiger charge is 2.00. The number of benzene rings is 1. The molecule has 0 fully saturated rings. The van der Waals surface area contributed by atoms with Gasteiger partial charge in [0.25, 0.3) is 0 Å². The first-order valence-electron chi connectivity index (χ1n) is 5.01. The first-order valence-corrected chi connectivity index (χ1v) is 6.00. The molecule has 3 heteroatoms. The molecule has 0 aliphatic carbocycles. The van der Waals surface area contributed by atoms with Crippen molar-refractivity contribution in [3.05, 3.63) is 30.3 Å². The third-order valence-electron chi connectivity index (χ3n) is 1.92. The molecule has 0 amide bonds. The molecule has 0 unspecified atom stereocenters. The average molecular weight is 224 g/mol. The lowest BCUT2D eigenvalue weighted by atomic mass is 10.2. The van der Waals surface area contributed by atoms with Crippen LogP contribution in [0.15, 0.2) is 35.2 Å². The number of methoxy groups -OCH3 is 1. The maximum absolute atomic E-state index is 11.1. The van der Waals surface area contributed by atoms with Crippen molar-refractivity contribution in [2.45, 2.75) is 17.7 Å². The lowest BCUT2D eigenvalue weighted by molar-refractivity contribution is -0.122. The lowest BCUT2D eigenvalue weighted by Crippen LogP contribution is -2.06. The van der Waals surface area contributed by atoms with Crippen LogP contribution in [0.5, 0.6) is 0 Å². The Morgan fingerprint density at radius 2 is 2.07 bits per heavy atom. The third kappa shape index (κ3) is 5.60. The van der Waals surface area contributed by atoms with E-state index in [0.717, 1.165) is 12.2 Å². The summed E-state index contributed by atoms with van der Waals surface area (Å²) >= 11 is 1.79. The summed E-state index contributed by atoms with van der Waals surface area (Å²) < 4.78 is 4.76. The van der Waals surface area contributed by atoms with E-state index in [-0.39, 0.29) is 12.4 Å². The molecule has 0 saturated heterocycles. The summed E-state index contributed by atoms with van der Waals surface area (Å²) in [6, 6.07) is 10.2. The van der Waals surface area contributed by atoms with Crippen LogP contribution in [0.25, 0.3) is 0 Å². The molecule has 0 N–H and O–H groups in total. The Morgan fingerprint density at radius 1 is 1.33 bits per heavy atom. The van der Waals surface area contributed by atoms with Crippen molar-refractivity contribution in [1.29, 1.82) is 0 Å². The number of Topliss-reactive ketones (excluding diaryl/α,β-unsaturated/α-hetero) is 1. The maximum Gasteiger partial charge on any atom is 0.158 e. The molecule has 0 spiro atoms. The van der Waals surface area contributed by atoms with Crippen molar-refractivity contribution in [1.82, 2.24) is 0 Å². The molecule has 0 radical (unpaired) electrons. The van der Waals surface area contributed by atoms with Crippen LogP contribution in [0.2, 0.25) is 0 Å². The Hall–Kier alpha value is -0.800. The van der Waals surface area contributed by atoms with Crippen molar-refractivity contribution >= 4 is 17.5 Å². The van der Waals surface area contributed by atoms with E-state index in [2.05, 4.69) is 12.1 Å². The van der Waals surface area contributed by atoms with Gasteiger partial charge < -0.3 is 4.74 Å². The van der Waals surface area contributed by atoms with Gasteiger partial charge in [0, 0.05) is 18.4 Å². The molecule has 2 nitrogen and oxygen atoms in total. The molecule has 1 rings (SSSR count). The molecule has 82 valence electrons.